The first-order valence-corrected chi connectivity index (χ1v) is 7.45. The summed E-state index contributed by atoms with van der Waals surface area (Å²) in [6, 6.07) is 9.11. The zero-order valence-corrected chi connectivity index (χ0v) is 13.7. The summed E-state index contributed by atoms with van der Waals surface area (Å²) in [7, 11) is 1.58. The van der Waals surface area contributed by atoms with E-state index >= 15 is 0 Å². The molecule has 1 aromatic carbocycles. The molecule has 6 heteroatoms. The van der Waals surface area contributed by atoms with Gasteiger partial charge < -0.3 is 10.1 Å². The largest absolute Gasteiger partial charge is 0.375 e. The van der Waals surface area contributed by atoms with Crippen LogP contribution >= 0.6 is 27.5 Å². The number of nitrogens with one attached hydrogen (secondary N) is 1. The quantitative estimate of drug-likeness (QED) is 0.876. The highest BCUT2D eigenvalue weighted by molar-refractivity contribution is 9.10. The van der Waals surface area contributed by atoms with Crippen LogP contribution in [0.3, 0.4) is 0 Å². The molecule has 1 unspecified atom stereocenters. The molecule has 1 aromatic heterocycles. The van der Waals surface area contributed by atoms with E-state index in [2.05, 4.69) is 26.2 Å². The van der Waals surface area contributed by atoms with Crippen LogP contribution in [-0.4, -0.2) is 24.5 Å². The number of hydrogen-bond acceptors (Lipinski definition) is 3. The van der Waals surface area contributed by atoms with Gasteiger partial charge in [0.05, 0.1) is 5.56 Å². The Morgan fingerprint density at radius 1 is 1.43 bits per heavy atom. The predicted octanol–water partition coefficient (Wildman–Crippen LogP) is 3.62. The van der Waals surface area contributed by atoms with Crippen molar-refractivity contribution in [2.45, 2.75) is 6.10 Å². The molecule has 0 aliphatic heterocycles. The molecule has 0 spiro atoms. The van der Waals surface area contributed by atoms with Crippen molar-refractivity contribution in [3.63, 3.8) is 0 Å². The van der Waals surface area contributed by atoms with Gasteiger partial charge in [-0.05, 0) is 28.1 Å². The van der Waals surface area contributed by atoms with Crippen LogP contribution < -0.4 is 5.32 Å². The highest BCUT2D eigenvalue weighted by atomic mass is 79.9. The molecule has 0 aliphatic carbocycles. The van der Waals surface area contributed by atoms with Crippen molar-refractivity contribution in [2.24, 2.45) is 0 Å². The smallest absolute Gasteiger partial charge is 0.252 e. The van der Waals surface area contributed by atoms with Gasteiger partial charge in [0.1, 0.15) is 6.10 Å². The third kappa shape index (κ3) is 4.27. The van der Waals surface area contributed by atoms with E-state index in [0.717, 1.165) is 10.0 Å². The summed E-state index contributed by atoms with van der Waals surface area (Å²) < 4.78 is 6.16. The third-order valence-corrected chi connectivity index (χ3v) is 3.73. The molecule has 0 fully saturated rings. The topological polar surface area (TPSA) is 51.2 Å². The fourth-order valence-corrected chi connectivity index (χ4v) is 2.50. The van der Waals surface area contributed by atoms with E-state index in [1.165, 1.54) is 6.20 Å². The van der Waals surface area contributed by atoms with Crippen LogP contribution in [-0.2, 0) is 4.74 Å². The third-order valence-electron chi connectivity index (χ3n) is 2.95. The standard InChI is InChI=1S/C15H14BrClN2O2/c1-21-14(12-4-2-3-5-13(12)17)9-19-15(20)10-6-11(16)8-18-7-10/h2-8,14H,9H2,1H3,(H,19,20). The number of pyridine rings is 1. The molecule has 4 nitrogen and oxygen atoms in total. The maximum absolute atomic E-state index is 12.1. The van der Waals surface area contributed by atoms with E-state index < -0.39 is 0 Å². The molecule has 21 heavy (non-hydrogen) atoms. The first-order valence-electron chi connectivity index (χ1n) is 6.27. The molecule has 0 saturated carbocycles. The normalized spacial score (nSPS) is 12.0. The number of ether oxygens (including phenoxy) is 1. The second-order valence-electron chi connectivity index (χ2n) is 4.35. The minimum absolute atomic E-state index is 0.210. The molecule has 1 amide bonds. The Morgan fingerprint density at radius 3 is 2.86 bits per heavy atom. The number of rotatable bonds is 5. The lowest BCUT2D eigenvalue weighted by atomic mass is 10.1. The van der Waals surface area contributed by atoms with Gasteiger partial charge in [-0.3, -0.25) is 9.78 Å². The summed E-state index contributed by atoms with van der Waals surface area (Å²) >= 11 is 9.43. The molecule has 0 radical (unpaired) electrons. The minimum atomic E-state index is -0.303. The number of benzene rings is 1. The van der Waals surface area contributed by atoms with Gasteiger partial charge in [0.2, 0.25) is 0 Å². The Balaban J connectivity index is 2.04. The summed E-state index contributed by atoms with van der Waals surface area (Å²) in [5.74, 6) is -0.210. The van der Waals surface area contributed by atoms with Crippen LogP contribution in [0.15, 0.2) is 47.2 Å². The molecule has 2 rings (SSSR count). The Labute approximate surface area is 136 Å². The van der Waals surface area contributed by atoms with Crippen LogP contribution in [0.4, 0.5) is 0 Å². The number of hydrogen-bond donors (Lipinski definition) is 1. The summed E-state index contributed by atoms with van der Waals surface area (Å²) in [5.41, 5.74) is 1.33. The first-order chi connectivity index (χ1) is 10.1. The molecule has 1 N–H and O–H groups in total. The van der Waals surface area contributed by atoms with Gasteiger partial charge in [0, 0.05) is 41.1 Å². The van der Waals surface area contributed by atoms with Crippen molar-refractivity contribution in [3.05, 3.63) is 63.3 Å². The maximum atomic E-state index is 12.1. The maximum Gasteiger partial charge on any atom is 0.252 e. The second-order valence-corrected chi connectivity index (χ2v) is 5.67. The lowest BCUT2D eigenvalue weighted by molar-refractivity contribution is 0.0828. The number of carbonyl (C=O) groups excluding carboxylic acids is 1. The van der Waals surface area contributed by atoms with Gasteiger partial charge in [-0.1, -0.05) is 29.8 Å². The number of amides is 1. The second kappa shape index (κ2) is 7.54. The van der Waals surface area contributed by atoms with Gasteiger partial charge >= 0.3 is 0 Å². The van der Waals surface area contributed by atoms with E-state index in [0.29, 0.717) is 17.1 Å². The van der Waals surface area contributed by atoms with Crippen molar-refractivity contribution < 1.29 is 9.53 Å². The van der Waals surface area contributed by atoms with Crippen molar-refractivity contribution in [1.29, 1.82) is 0 Å². The van der Waals surface area contributed by atoms with Crippen molar-refractivity contribution in [3.8, 4) is 0 Å². The molecule has 1 heterocycles. The van der Waals surface area contributed by atoms with Crippen molar-refractivity contribution >= 4 is 33.4 Å². The number of nitrogens with zero attached hydrogens (tertiary/aromatic N) is 1. The van der Waals surface area contributed by atoms with E-state index in [9.17, 15) is 4.79 Å². The number of methoxy groups -OCH3 is 1. The summed E-state index contributed by atoms with van der Waals surface area (Å²) in [5, 5.41) is 3.43. The predicted molar refractivity (Wildman–Crippen MR) is 85.5 cm³/mol. The molecular formula is C15H14BrClN2O2. The van der Waals surface area contributed by atoms with Crippen LogP contribution in [0, 0.1) is 0 Å². The lowest BCUT2D eigenvalue weighted by Gasteiger charge is -2.17. The van der Waals surface area contributed by atoms with E-state index in [-0.39, 0.29) is 12.0 Å². The van der Waals surface area contributed by atoms with Crippen LogP contribution in [0.5, 0.6) is 0 Å². The van der Waals surface area contributed by atoms with Gasteiger partial charge in [-0.2, -0.15) is 0 Å². The number of carbonyl (C=O) groups is 1. The molecule has 0 saturated heterocycles. The zero-order valence-electron chi connectivity index (χ0n) is 11.3. The Morgan fingerprint density at radius 2 is 2.19 bits per heavy atom. The summed E-state index contributed by atoms with van der Waals surface area (Å²) in [6.45, 7) is 0.325. The van der Waals surface area contributed by atoms with E-state index in [1.54, 1.807) is 25.4 Å². The number of halogens is 2. The fraction of sp³-hybridized carbons (Fsp3) is 0.200. The van der Waals surface area contributed by atoms with Gasteiger partial charge in [0.15, 0.2) is 0 Å². The molecule has 0 aliphatic rings. The average molecular weight is 370 g/mol. The first kappa shape index (κ1) is 15.9. The van der Waals surface area contributed by atoms with Crippen molar-refractivity contribution in [1.82, 2.24) is 10.3 Å². The van der Waals surface area contributed by atoms with E-state index in [4.69, 9.17) is 16.3 Å². The van der Waals surface area contributed by atoms with E-state index in [1.807, 2.05) is 18.2 Å². The molecule has 0 bridgehead atoms. The van der Waals surface area contributed by atoms with Gasteiger partial charge in [-0.15, -0.1) is 0 Å². The number of aromatic nitrogens is 1. The highest BCUT2D eigenvalue weighted by Crippen LogP contribution is 2.24. The average Bonchev–Trinajstić information content (AvgIpc) is 2.49. The monoisotopic (exact) mass is 368 g/mol. The van der Waals surface area contributed by atoms with Gasteiger partial charge in [-0.25, -0.2) is 0 Å². The minimum Gasteiger partial charge on any atom is -0.375 e. The Bertz CT molecular complexity index is 637. The Kier molecular flexibility index (Phi) is 5.73. The Hall–Kier alpha value is -1.43. The molecule has 1 atom stereocenters. The molecule has 2 aromatic rings. The van der Waals surface area contributed by atoms with Crippen LogP contribution in [0.2, 0.25) is 5.02 Å². The molecular weight excluding hydrogens is 356 g/mol. The van der Waals surface area contributed by atoms with Gasteiger partial charge in [0.25, 0.3) is 5.91 Å². The summed E-state index contributed by atoms with van der Waals surface area (Å²) in [4.78, 5) is 16.0. The zero-order chi connectivity index (χ0) is 15.2. The van der Waals surface area contributed by atoms with Crippen molar-refractivity contribution in [2.75, 3.05) is 13.7 Å². The summed E-state index contributed by atoms with van der Waals surface area (Å²) in [6.07, 6.45) is 2.83. The molecule has 110 valence electrons. The highest BCUT2D eigenvalue weighted by Gasteiger charge is 2.15. The fourth-order valence-electron chi connectivity index (χ4n) is 1.88. The van der Waals surface area contributed by atoms with Crippen LogP contribution in [0.1, 0.15) is 22.0 Å². The SMILES string of the molecule is COC(CNC(=O)c1cncc(Br)c1)c1ccccc1Cl. The van der Waals surface area contributed by atoms with Crippen LogP contribution in [0.25, 0.3) is 0 Å². The lowest BCUT2D eigenvalue weighted by Crippen LogP contribution is -2.29.